The number of aryl methyl sites for hydroxylation is 3. The van der Waals surface area contributed by atoms with E-state index in [1.54, 1.807) is 27.7 Å². The topological polar surface area (TPSA) is 81.4 Å². The first-order chi connectivity index (χ1) is 12.8. The molecule has 4 rings (SSSR count). The van der Waals surface area contributed by atoms with E-state index in [1.807, 2.05) is 28.9 Å². The molecule has 134 valence electrons. The van der Waals surface area contributed by atoms with Crippen molar-refractivity contribution in [1.29, 1.82) is 0 Å². The summed E-state index contributed by atoms with van der Waals surface area (Å²) in [7, 11) is 0. The van der Waals surface area contributed by atoms with Gasteiger partial charge in [0.05, 0.1) is 17.6 Å². The Morgan fingerprint density at radius 1 is 1.15 bits per heavy atom. The first-order valence-corrected chi connectivity index (χ1v) is 10.3. The van der Waals surface area contributed by atoms with Gasteiger partial charge in [0.15, 0.2) is 0 Å². The molecular weight excluding hydrogens is 368 g/mol. The van der Waals surface area contributed by atoms with Gasteiger partial charge in [0.1, 0.15) is 0 Å². The van der Waals surface area contributed by atoms with E-state index in [9.17, 15) is 4.79 Å². The average Bonchev–Trinajstić information content (AvgIpc) is 3.37. The normalized spacial score (nSPS) is 11.4. The highest BCUT2D eigenvalue weighted by Crippen LogP contribution is 2.17. The number of imidazole rings is 1. The van der Waals surface area contributed by atoms with Crippen molar-refractivity contribution in [3.63, 3.8) is 0 Å². The number of fused-ring (bicyclic) bond motifs is 1. The summed E-state index contributed by atoms with van der Waals surface area (Å²) >= 11 is 3.38. The van der Waals surface area contributed by atoms with Crippen LogP contribution in [-0.4, -0.2) is 35.5 Å². The number of thioether (sulfide) groups is 1. The number of benzene rings is 1. The zero-order valence-corrected chi connectivity index (χ0v) is 15.7. The van der Waals surface area contributed by atoms with Crippen LogP contribution >= 0.6 is 23.1 Å². The van der Waals surface area contributed by atoms with Gasteiger partial charge in [-0.05, 0) is 40.4 Å². The molecule has 0 radical (unpaired) electrons. The van der Waals surface area contributed by atoms with Gasteiger partial charge in [-0.25, -0.2) is 9.48 Å². The molecule has 3 heterocycles. The predicted molar refractivity (Wildman–Crippen MR) is 104 cm³/mol. The Hall–Kier alpha value is -2.39. The van der Waals surface area contributed by atoms with E-state index in [1.165, 1.54) is 4.88 Å². The highest BCUT2D eigenvalue weighted by Gasteiger charge is 2.09. The van der Waals surface area contributed by atoms with Gasteiger partial charge in [-0.2, -0.15) is 0 Å². The summed E-state index contributed by atoms with van der Waals surface area (Å²) in [6.07, 6.45) is 1.80. The van der Waals surface area contributed by atoms with Crippen LogP contribution in [0.1, 0.15) is 11.3 Å². The first kappa shape index (κ1) is 17.0. The second-order valence-electron chi connectivity index (χ2n) is 5.81. The Morgan fingerprint density at radius 3 is 2.96 bits per heavy atom. The van der Waals surface area contributed by atoms with Crippen LogP contribution in [0.2, 0.25) is 0 Å². The van der Waals surface area contributed by atoms with E-state index < -0.39 is 0 Å². The van der Waals surface area contributed by atoms with Gasteiger partial charge in [0.25, 0.3) is 0 Å². The maximum absolute atomic E-state index is 12.1. The second-order valence-corrected chi connectivity index (χ2v) is 7.91. The van der Waals surface area contributed by atoms with Crippen LogP contribution in [0.3, 0.4) is 0 Å². The van der Waals surface area contributed by atoms with Crippen molar-refractivity contribution in [3.05, 3.63) is 57.1 Å². The molecule has 0 spiro atoms. The van der Waals surface area contributed by atoms with Crippen molar-refractivity contribution in [2.75, 3.05) is 5.75 Å². The number of para-hydroxylation sites is 2. The van der Waals surface area contributed by atoms with Crippen molar-refractivity contribution >= 4 is 34.1 Å². The van der Waals surface area contributed by atoms with Crippen LogP contribution in [-0.2, 0) is 19.5 Å². The Morgan fingerprint density at radius 2 is 2.08 bits per heavy atom. The van der Waals surface area contributed by atoms with Crippen molar-refractivity contribution in [3.8, 4) is 0 Å². The van der Waals surface area contributed by atoms with Gasteiger partial charge in [0, 0.05) is 23.6 Å². The van der Waals surface area contributed by atoms with E-state index in [4.69, 9.17) is 0 Å². The second kappa shape index (κ2) is 7.88. The number of hydrogen-bond acceptors (Lipinski definition) is 6. The fraction of sp³-hybridized carbons (Fsp3) is 0.294. The molecule has 0 amide bonds. The van der Waals surface area contributed by atoms with Gasteiger partial charge in [-0.1, -0.05) is 30.0 Å². The number of H-pyrrole nitrogens is 1. The maximum atomic E-state index is 12.1. The molecule has 26 heavy (non-hydrogen) atoms. The number of aromatic nitrogens is 6. The van der Waals surface area contributed by atoms with Crippen molar-refractivity contribution in [2.45, 2.75) is 31.1 Å². The molecule has 0 aliphatic heterocycles. The van der Waals surface area contributed by atoms with Crippen molar-refractivity contribution < 1.29 is 0 Å². The number of thiophene rings is 1. The molecule has 3 aromatic heterocycles. The van der Waals surface area contributed by atoms with Crippen LogP contribution in [0.4, 0.5) is 0 Å². The number of hydrogen-bond donors (Lipinski definition) is 1. The zero-order chi connectivity index (χ0) is 17.8. The largest absolute Gasteiger partial charge is 0.326 e. The van der Waals surface area contributed by atoms with Crippen LogP contribution in [0.15, 0.2) is 51.7 Å². The van der Waals surface area contributed by atoms with Crippen LogP contribution in [0, 0.1) is 0 Å². The minimum atomic E-state index is -0.0584. The van der Waals surface area contributed by atoms with E-state index in [-0.39, 0.29) is 5.69 Å². The predicted octanol–water partition coefficient (Wildman–Crippen LogP) is 2.80. The van der Waals surface area contributed by atoms with E-state index in [0.29, 0.717) is 6.54 Å². The molecule has 4 aromatic rings. The summed E-state index contributed by atoms with van der Waals surface area (Å²) in [6, 6.07) is 11.9. The molecule has 0 unspecified atom stereocenters. The zero-order valence-electron chi connectivity index (χ0n) is 14.0. The van der Waals surface area contributed by atoms with E-state index in [0.717, 1.165) is 41.3 Å². The standard InChI is InChI=1S/C17H18N6OS2/c24-16-18-14-6-1-2-7-15(14)22(16)9-4-12-26-17-19-20-21-23(17)10-8-13-5-3-11-25-13/h1-3,5-7,11H,4,8-10,12H2,(H,18,24). The minimum absolute atomic E-state index is 0.0584. The third-order valence-corrected chi connectivity index (χ3v) is 6.07. The monoisotopic (exact) mass is 386 g/mol. The highest BCUT2D eigenvalue weighted by atomic mass is 32.2. The molecule has 9 heteroatoms. The Labute approximate surface area is 158 Å². The lowest BCUT2D eigenvalue weighted by molar-refractivity contribution is 0.550. The fourth-order valence-electron chi connectivity index (χ4n) is 2.83. The number of nitrogens with one attached hydrogen (secondary N) is 1. The average molecular weight is 387 g/mol. The van der Waals surface area contributed by atoms with Crippen molar-refractivity contribution in [2.24, 2.45) is 0 Å². The molecule has 1 N–H and O–H groups in total. The number of rotatable bonds is 8. The van der Waals surface area contributed by atoms with E-state index >= 15 is 0 Å². The SMILES string of the molecule is O=c1[nH]c2ccccc2n1CCCSc1nnnn1CCc1cccs1. The number of tetrazole rings is 1. The first-order valence-electron chi connectivity index (χ1n) is 8.40. The maximum Gasteiger partial charge on any atom is 0.326 e. The molecule has 7 nitrogen and oxygen atoms in total. The summed E-state index contributed by atoms with van der Waals surface area (Å²) in [5.41, 5.74) is 1.77. The quantitative estimate of drug-likeness (QED) is 0.372. The smallest absolute Gasteiger partial charge is 0.306 e. The number of nitrogens with zero attached hydrogens (tertiary/aromatic N) is 5. The third-order valence-electron chi connectivity index (χ3n) is 4.09. The van der Waals surface area contributed by atoms with Crippen LogP contribution in [0.25, 0.3) is 11.0 Å². The van der Waals surface area contributed by atoms with Crippen molar-refractivity contribution in [1.82, 2.24) is 29.8 Å². The molecule has 0 aliphatic rings. The highest BCUT2D eigenvalue weighted by molar-refractivity contribution is 7.99. The molecule has 0 atom stereocenters. The fourth-order valence-corrected chi connectivity index (χ4v) is 4.35. The molecule has 0 fully saturated rings. The van der Waals surface area contributed by atoms with E-state index in [2.05, 4.69) is 38.0 Å². The Balaban J connectivity index is 1.32. The van der Waals surface area contributed by atoms with Gasteiger partial charge in [0.2, 0.25) is 5.16 Å². The van der Waals surface area contributed by atoms with Gasteiger partial charge >= 0.3 is 5.69 Å². The third kappa shape index (κ3) is 3.73. The molecule has 0 saturated heterocycles. The molecule has 0 saturated carbocycles. The summed E-state index contributed by atoms with van der Waals surface area (Å²) in [5, 5.41) is 14.9. The van der Waals surface area contributed by atoms with Crippen LogP contribution < -0.4 is 5.69 Å². The van der Waals surface area contributed by atoms with Gasteiger partial charge in [-0.15, -0.1) is 16.4 Å². The number of aromatic amines is 1. The van der Waals surface area contributed by atoms with Crippen LogP contribution in [0.5, 0.6) is 0 Å². The summed E-state index contributed by atoms with van der Waals surface area (Å²) in [6.45, 7) is 1.45. The lowest BCUT2D eigenvalue weighted by Gasteiger charge is -2.05. The molecule has 0 bridgehead atoms. The lowest BCUT2D eigenvalue weighted by Crippen LogP contribution is -2.17. The summed E-state index contributed by atoms with van der Waals surface area (Å²) < 4.78 is 3.64. The Kier molecular flexibility index (Phi) is 5.16. The molecule has 1 aromatic carbocycles. The van der Waals surface area contributed by atoms with Gasteiger partial charge in [-0.3, -0.25) is 4.57 Å². The summed E-state index contributed by atoms with van der Waals surface area (Å²) in [5.74, 6) is 0.853. The minimum Gasteiger partial charge on any atom is -0.306 e. The van der Waals surface area contributed by atoms with Gasteiger partial charge < -0.3 is 4.98 Å². The summed E-state index contributed by atoms with van der Waals surface area (Å²) in [4.78, 5) is 16.3. The lowest BCUT2D eigenvalue weighted by atomic mass is 10.3. The Bertz CT molecular complexity index is 1030. The molecular formula is C17H18N6OS2. The molecule has 0 aliphatic carbocycles.